The summed E-state index contributed by atoms with van der Waals surface area (Å²) in [5.41, 5.74) is 2.56. The van der Waals surface area contributed by atoms with Crippen molar-refractivity contribution in [2.75, 3.05) is 5.32 Å². The van der Waals surface area contributed by atoms with Crippen LogP contribution in [0.15, 0.2) is 30.3 Å². The van der Waals surface area contributed by atoms with E-state index < -0.39 is 0 Å². The van der Waals surface area contributed by atoms with Gasteiger partial charge in [0.25, 0.3) is 5.91 Å². The molecule has 0 saturated heterocycles. The van der Waals surface area contributed by atoms with E-state index in [1.54, 1.807) is 11.3 Å². The maximum Gasteiger partial charge on any atom is 0.252 e. The molecule has 0 spiro atoms. The smallest absolute Gasteiger partial charge is 0.252 e. The normalized spacial score (nSPS) is 15.0. The summed E-state index contributed by atoms with van der Waals surface area (Å²) in [6.45, 7) is 5.94. The van der Waals surface area contributed by atoms with Crippen LogP contribution in [0.5, 0.6) is 0 Å². The van der Waals surface area contributed by atoms with E-state index in [1.807, 2.05) is 51.1 Å². The first kappa shape index (κ1) is 16.7. The van der Waals surface area contributed by atoms with Crippen LogP contribution < -0.4 is 10.6 Å². The molecule has 1 aliphatic rings. The van der Waals surface area contributed by atoms with E-state index in [0.717, 1.165) is 39.4 Å². The fraction of sp³-hybridized carbons (Fsp3) is 0.368. The quantitative estimate of drug-likeness (QED) is 0.855. The van der Waals surface area contributed by atoms with Crippen LogP contribution in [-0.2, 0) is 4.79 Å². The third-order valence-corrected chi connectivity index (χ3v) is 5.23. The second-order valence-electron chi connectivity index (χ2n) is 6.41. The molecule has 2 amide bonds. The van der Waals surface area contributed by atoms with Crippen molar-refractivity contribution in [1.29, 1.82) is 0 Å². The number of hydrogen-bond donors (Lipinski definition) is 2. The first-order chi connectivity index (χ1) is 11.4. The van der Waals surface area contributed by atoms with Gasteiger partial charge in [-0.3, -0.25) is 9.59 Å². The molecule has 1 atom stereocenters. The third kappa shape index (κ3) is 3.85. The van der Waals surface area contributed by atoms with Gasteiger partial charge in [0, 0.05) is 21.4 Å². The third-order valence-electron chi connectivity index (χ3n) is 4.26. The molecule has 1 saturated carbocycles. The molecule has 3 rings (SSSR count). The van der Waals surface area contributed by atoms with Crippen molar-refractivity contribution >= 4 is 28.8 Å². The molecule has 126 valence electrons. The number of thiophene rings is 1. The highest BCUT2D eigenvalue weighted by Crippen LogP contribution is 2.30. The van der Waals surface area contributed by atoms with E-state index in [0.29, 0.717) is 0 Å². The minimum atomic E-state index is -0.0923. The lowest BCUT2D eigenvalue weighted by Crippen LogP contribution is -2.26. The molecule has 5 heteroatoms. The van der Waals surface area contributed by atoms with Crippen LogP contribution in [0, 0.1) is 19.8 Å². The van der Waals surface area contributed by atoms with Gasteiger partial charge >= 0.3 is 0 Å². The monoisotopic (exact) mass is 342 g/mol. The van der Waals surface area contributed by atoms with Crippen molar-refractivity contribution in [1.82, 2.24) is 5.32 Å². The summed E-state index contributed by atoms with van der Waals surface area (Å²) in [5, 5.41) is 5.96. The Balaban J connectivity index is 1.62. The molecule has 2 aromatic rings. The number of carbonyl (C=O) groups excluding carboxylic acids is 2. The Bertz CT molecular complexity index is 760. The van der Waals surface area contributed by atoms with Crippen LogP contribution in [0.3, 0.4) is 0 Å². The average Bonchev–Trinajstić information content (AvgIpc) is 3.33. The summed E-state index contributed by atoms with van der Waals surface area (Å²) in [5.74, 6) is 0.253. The summed E-state index contributed by atoms with van der Waals surface area (Å²) in [6, 6.07) is 9.50. The average molecular weight is 342 g/mol. The molecular formula is C19H22N2O2S. The molecule has 0 radical (unpaired) electrons. The molecule has 24 heavy (non-hydrogen) atoms. The summed E-state index contributed by atoms with van der Waals surface area (Å²) >= 11 is 1.63. The predicted octanol–water partition coefficient (Wildman–Crippen LogP) is 4.20. The fourth-order valence-electron chi connectivity index (χ4n) is 2.66. The van der Waals surface area contributed by atoms with Crippen LogP contribution in [0.2, 0.25) is 0 Å². The first-order valence-electron chi connectivity index (χ1n) is 8.23. The number of nitrogens with one attached hydrogen (secondary N) is 2. The minimum Gasteiger partial charge on any atom is -0.345 e. The van der Waals surface area contributed by atoms with E-state index in [9.17, 15) is 9.59 Å². The van der Waals surface area contributed by atoms with Crippen LogP contribution in [0.25, 0.3) is 0 Å². The van der Waals surface area contributed by atoms with Gasteiger partial charge in [0.05, 0.1) is 11.6 Å². The molecule has 1 fully saturated rings. The van der Waals surface area contributed by atoms with Gasteiger partial charge in [-0.25, -0.2) is 0 Å². The Kier molecular flexibility index (Phi) is 4.71. The van der Waals surface area contributed by atoms with Crippen molar-refractivity contribution in [2.45, 2.75) is 39.7 Å². The van der Waals surface area contributed by atoms with Crippen molar-refractivity contribution in [3.8, 4) is 0 Å². The number of aryl methyl sites for hydroxylation is 2. The molecular weight excluding hydrogens is 320 g/mol. The molecule has 4 nitrogen and oxygen atoms in total. The van der Waals surface area contributed by atoms with Crippen LogP contribution in [0.1, 0.15) is 51.5 Å². The number of benzene rings is 1. The predicted molar refractivity (Wildman–Crippen MR) is 97.5 cm³/mol. The Hall–Kier alpha value is -2.14. The van der Waals surface area contributed by atoms with E-state index in [-0.39, 0.29) is 23.8 Å². The lowest BCUT2D eigenvalue weighted by molar-refractivity contribution is -0.117. The minimum absolute atomic E-state index is 0.0459. The highest BCUT2D eigenvalue weighted by molar-refractivity contribution is 7.12. The zero-order valence-electron chi connectivity index (χ0n) is 14.2. The van der Waals surface area contributed by atoms with Crippen molar-refractivity contribution in [2.24, 2.45) is 5.92 Å². The van der Waals surface area contributed by atoms with Gasteiger partial charge < -0.3 is 10.6 Å². The molecule has 1 aliphatic carbocycles. The highest BCUT2D eigenvalue weighted by Gasteiger charge is 2.29. The zero-order chi connectivity index (χ0) is 17.3. The van der Waals surface area contributed by atoms with E-state index in [2.05, 4.69) is 10.6 Å². The Morgan fingerprint density at radius 1 is 1.17 bits per heavy atom. The SMILES string of the molecule is Cc1cc(C(=O)NC(C)c2ccc(NC(=O)C3CC3)cc2)c(C)s1. The number of hydrogen-bond acceptors (Lipinski definition) is 3. The molecule has 1 aromatic carbocycles. The zero-order valence-corrected chi connectivity index (χ0v) is 15.0. The van der Waals surface area contributed by atoms with Crippen molar-refractivity contribution in [3.63, 3.8) is 0 Å². The van der Waals surface area contributed by atoms with Gasteiger partial charge in [0.2, 0.25) is 5.91 Å². The molecule has 1 unspecified atom stereocenters. The molecule has 1 heterocycles. The van der Waals surface area contributed by atoms with Crippen LogP contribution in [-0.4, -0.2) is 11.8 Å². The second-order valence-corrected chi connectivity index (χ2v) is 7.87. The summed E-state index contributed by atoms with van der Waals surface area (Å²) < 4.78 is 0. The van der Waals surface area contributed by atoms with E-state index >= 15 is 0 Å². The molecule has 1 aromatic heterocycles. The van der Waals surface area contributed by atoms with Gasteiger partial charge in [-0.05, 0) is 57.4 Å². The Labute approximate surface area is 146 Å². The fourth-order valence-corrected chi connectivity index (χ4v) is 3.58. The van der Waals surface area contributed by atoms with Gasteiger partial charge in [0.15, 0.2) is 0 Å². The van der Waals surface area contributed by atoms with Gasteiger partial charge in [-0.2, -0.15) is 0 Å². The largest absolute Gasteiger partial charge is 0.345 e. The lowest BCUT2D eigenvalue weighted by atomic mass is 10.1. The number of carbonyl (C=O) groups is 2. The first-order valence-corrected chi connectivity index (χ1v) is 9.04. The number of amides is 2. The Morgan fingerprint density at radius 2 is 1.83 bits per heavy atom. The lowest BCUT2D eigenvalue weighted by Gasteiger charge is -2.15. The Morgan fingerprint density at radius 3 is 2.38 bits per heavy atom. The topological polar surface area (TPSA) is 58.2 Å². The van der Waals surface area contributed by atoms with Gasteiger partial charge in [-0.15, -0.1) is 11.3 Å². The molecule has 2 N–H and O–H groups in total. The second kappa shape index (κ2) is 6.77. The summed E-state index contributed by atoms with van der Waals surface area (Å²) in [4.78, 5) is 26.3. The van der Waals surface area contributed by atoms with Crippen LogP contribution >= 0.6 is 11.3 Å². The maximum atomic E-state index is 12.4. The van der Waals surface area contributed by atoms with E-state index in [1.165, 1.54) is 0 Å². The standard InChI is InChI=1S/C19H22N2O2S/c1-11-10-17(13(3)24-11)19(23)20-12(2)14-6-8-16(9-7-14)21-18(22)15-4-5-15/h6-10,12,15H,4-5H2,1-3H3,(H,20,23)(H,21,22). The molecule has 0 bridgehead atoms. The highest BCUT2D eigenvalue weighted by atomic mass is 32.1. The van der Waals surface area contributed by atoms with Crippen molar-refractivity contribution < 1.29 is 9.59 Å². The van der Waals surface area contributed by atoms with Gasteiger partial charge in [-0.1, -0.05) is 12.1 Å². The van der Waals surface area contributed by atoms with Crippen LogP contribution in [0.4, 0.5) is 5.69 Å². The number of rotatable bonds is 5. The van der Waals surface area contributed by atoms with Gasteiger partial charge in [0.1, 0.15) is 0 Å². The van der Waals surface area contributed by atoms with E-state index in [4.69, 9.17) is 0 Å². The van der Waals surface area contributed by atoms with Crippen molar-refractivity contribution in [3.05, 3.63) is 51.2 Å². The maximum absolute atomic E-state index is 12.4. The summed E-state index contributed by atoms with van der Waals surface area (Å²) in [7, 11) is 0. The number of anilines is 1. The molecule has 0 aliphatic heterocycles. The summed E-state index contributed by atoms with van der Waals surface area (Å²) in [6.07, 6.45) is 1.99.